The molecular formula is C17H15FN2O. The third kappa shape index (κ3) is 2.79. The summed E-state index contributed by atoms with van der Waals surface area (Å²) < 4.78 is 13.1. The Kier molecular flexibility index (Phi) is 3.44. The summed E-state index contributed by atoms with van der Waals surface area (Å²) >= 11 is 0. The summed E-state index contributed by atoms with van der Waals surface area (Å²) in [5.74, 6) is -0.522. The molecule has 2 aromatic carbocycles. The molecule has 3 nitrogen and oxygen atoms in total. The molecular weight excluding hydrogens is 267 g/mol. The fourth-order valence-electron chi connectivity index (χ4n) is 2.30. The molecule has 0 unspecified atom stereocenters. The van der Waals surface area contributed by atoms with E-state index in [-0.39, 0.29) is 11.7 Å². The molecule has 0 aliphatic carbocycles. The topological polar surface area (TPSA) is 44.9 Å². The Hall–Kier alpha value is -2.62. The molecule has 3 rings (SSSR count). The smallest absolute Gasteiger partial charge is 0.267 e. The van der Waals surface area contributed by atoms with Gasteiger partial charge in [0.15, 0.2) is 0 Å². The van der Waals surface area contributed by atoms with E-state index in [9.17, 15) is 9.18 Å². The summed E-state index contributed by atoms with van der Waals surface area (Å²) in [6, 6.07) is 14.0. The molecule has 0 radical (unpaired) electrons. The quantitative estimate of drug-likeness (QED) is 0.758. The number of aromatic amines is 1. The number of hydrogen-bond acceptors (Lipinski definition) is 1. The maximum absolute atomic E-state index is 13.1. The number of aryl methyl sites for hydroxylation is 1. The first kappa shape index (κ1) is 13.4. The Labute approximate surface area is 121 Å². The lowest BCUT2D eigenvalue weighted by molar-refractivity contribution is 0.0946. The minimum absolute atomic E-state index is 0.199. The van der Waals surface area contributed by atoms with Gasteiger partial charge in [0.2, 0.25) is 0 Å². The zero-order valence-corrected chi connectivity index (χ0v) is 11.6. The van der Waals surface area contributed by atoms with Crippen molar-refractivity contribution in [3.8, 4) is 0 Å². The van der Waals surface area contributed by atoms with E-state index in [1.807, 2.05) is 31.2 Å². The minimum atomic E-state index is -0.323. The second kappa shape index (κ2) is 5.40. The van der Waals surface area contributed by atoms with Crippen molar-refractivity contribution in [3.05, 3.63) is 71.2 Å². The number of H-pyrrole nitrogens is 1. The Bertz CT molecular complexity index is 807. The van der Waals surface area contributed by atoms with Gasteiger partial charge in [-0.2, -0.15) is 0 Å². The first-order chi connectivity index (χ1) is 10.1. The van der Waals surface area contributed by atoms with Crippen molar-refractivity contribution in [2.75, 3.05) is 0 Å². The molecule has 0 saturated carbocycles. The highest BCUT2D eigenvalue weighted by atomic mass is 19.1. The molecule has 3 aromatic rings. The van der Waals surface area contributed by atoms with Crippen molar-refractivity contribution in [1.82, 2.24) is 10.3 Å². The van der Waals surface area contributed by atoms with Gasteiger partial charge in [-0.1, -0.05) is 24.3 Å². The number of benzene rings is 2. The monoisotopic (exact) mass is 282 g/mol. The highest BCUT2D eigenvalue weighted by Crippen LogP contribution is 2.16. The maximum Gasteiger partial charge on any atom is 0.267 e. The number of carbonyl (C=O) groups excluding carboxylic acids is 1. The maximum atomic E-state index is 13.1. The van der Waals surface area contributed by atoms with E-state index in [2.05, 4.69) is 10.3 Å². The van der Waals surface area contributed by atoms with Gasteiger partial charge >= 0.3 is 0 Å². The fourth-order valence-corrected chi connectivity index (χ4v) is 2.30. The van der Waals surface area contributed by atoms with Gasteiger partial charge in [0.1, 0.15) is 11.5 Å². The van der Waals surface area contributed by atoms with Crippen molar-refractivity contribution in [3.63, 3.8) is 0 Å². The molecule has 4 heteroatoms. The molecule has 0 bridgehead atoms. The van der Waals surface area contributed by atoms with Gasteiger partial charge < -0.3 is 10.3 Å². The van der Waals surface area contributed by atoms with Crippen LogP contribution < -0.4 is 5.32 Å². The second-order valence-corrected chi connectivity index (χ2v) is 5.02. The average molecular weight is 282 g/mol. The minimum Gasteiger partial charge on any atom is -0.350 e. The van der Waals surface area contributed by atoms with E-state index in [1.165, 1.54) is 12.1 Å². The predicted octanol–water partition coefficient (Wildman–Crippen LogP) is 3.55. The zero-order chi connectivity index (χ0) is 14.8. The van der Waals surface area contributed by atoms with Crippen molar-refractivity contribution >= 4 is 16.8 Å². The Morgan fingerprint density at radius 2 is 2.00 bits per heavy atom. The molecule has 0 saturated heterocycles. The van der Waals surface area contributed by atoms with Gasteiger partial charge in [-0.25, -0.2) is 4.39 Å². The molecule has 21 heavy (non-hydrogen) atoms. The zero-order valence-electron chi connectivity index (χ0n) is 11.6. The van der Waals surface area contributed by atoms with E-state index in [0.717, 1.165) is 16.5 Å². The summed E-state index contributed by atoms with van der Waals surface area (Å²) in [4.78, 5) is 15.1. The van der Waals surface area contributed by atoms with Gasteiger partial charge in [0, 0.05) is 17.4 Å². The van der Waals surface area contributed by atoms with Gasteiger partial charge in [0.05, 0.1) is 0 Å². The number of carbonyl (C=O) groups is 1. The highest BCUT2D eigenvalue weighted by molar-refractivity contribution is 5.97. The third-order valence-corrected chi connectivity index (χ3v) is 3.53. The molecule has 0 aliphatic rings. The number of nitrogens with one attached hydrogen (secondary N) is 2. The van der Waals surface area contributed by atoms with Crippen LogP contribution in [-0.4, -0.2) is 10.9 Å². The summed E-state index contributed by atoms with van der Waals surface area (Å²) in [5, 5.41) is 3.68. The first-order valence-corrected chi connectivity index (χ1v) is 6.74. The molecule has 0 aliphatic heterocycles. The van der Waals surface area contributed by atoms with Crippen LogP contribution in [0.3, 0.4) is 0 Å². The van der Waals surface area contributed by atoms with Crippen molar-refractivity contribution in [2.24, 2.45) is 0 Å². The lowest BCUT2D eigenvalue weighted by atomic mass is 10.1. The number of aromatic nitrogens is 1. The largest absolute Gasteiger partial charge is 0.350 e. The van der Waals surface area contributed by atoms with Crippen LogP contribution in [-0.2, 0) is 6.54 Å². The molecule has 0 atom stereocenters. The van der Waals surface area contributed by atoms with Gasteiger partial charge in [-0.05, 0) is 42.3 Å². The third-order valence-electron chi connectivity index (χ3n) is 3.53. The molecule has 1 heterocycles. The van der Waals surface area contributed by atoms with E-state index < -0.39 is 0 Å². The van der Waals surface area contributed by atoms with Crippen molar-refractivity contribution in [2.45, 2.75) is 13.5 Å². The van der Waals surface area contributed by atoms with E-state index in [1.54, 1.807) is 12.1 Å². The van der Waals surface area contributed by atoms with Gasteiger partial charge in [-0.3, -0.25) is 4.79 Å². The van der Waals surface area contributed by atoms with Crippen molar-refractivity contribution < 1.29 is 9.18 Å². The van der Waals surface area contributed by atoms with Crippen LogP contribution in [0.1, 0.15) is 21.6 Å². The van der Waals surface area contributed by atoms with Crippen molar-refractivity contribution in [1.29, 1.82) is 0 Å². The Morgan fingerprint density at radius 1 is 1.19 bits per heavy atom. The summed E-state index contributed by atoms with van der Waals surface area (Å²) in [5.41, 5.74) is 3.27. The molecule has 2 N–H and O–H groups in total. The van der Waals surface area contributed by atoms with Gasteiger partial charge in [0.25, 0.3) is 5.91 Å². The number of hydrogen-bond donors (Lipinski definition) is 2. The van der Waals surface area contributed by atoms with Crippen LogP contribution in [0.2, 0.25) is 0 Å². The summed E-state index contributed by atoms with van der Waals surface area (Å²) in [6.07, 6.45) is 0. The lowest BCUT2D eigenvalue weighted by Crippen LogP contribution is -2.23. The van der Waals surface area contributed by atoms with E-state index >= 15 is 0 Å². The normalized spacial score (nSPS) is 10.8. The van der Waals surface area contributed by atoms with Crippen LogP contribution >= 0.6 is 0 Å². The Balaban J connectivity index is 1.76. The average Bonchev–Trinajstić information content (AvgIpc) is 2.89. The highest BCUT2D eigenvalue weighted by Gasteiger charge is 2.10. The lowest BCUT2D eigenvalue weighted by Gasteiger charge is -2.06. The number of fused-ring (bicyclic) bond motifs is 1. The van der Waals surface area contributed by atoms with E-state index in [4.69, 9.17) is 0 Å². The number of halogens is 1. The van der Waals surface area contributed by atoms with Crippen LogP contribution in [0.15, 0.2) is 48.5 Å². The van der Waals surface area contributed by atoms with Crippen LogP contribution in [0.5, 0.6) is 0 Å². The SMILES string of the molecule is Cc1ccccc1CNC(=O)c1cc2ccc(F)cc2[nH]1. The molecule has 0 fully saturated rings. The molecule has 106 valence electrons. The standard InChI is InChI=1S/C17H15FN2O/c1-11-4-2-3-5-13(11)10-19-17(21)16-8-12-6-7-14(18)9-15(12)20-16/h2-9,20H,10H2,1H3,(H,19,21). The number of rotatable bonds is 3. The first-order valence-electron chi connectivity index (χ1n) is 6.74. The molecule has 1 amide bonds. The molecule has 0 spiro atoms. The predicted molar refractivity (Wildman–Crippen MR) is 80.6 cm³/mol. The number of amides is 1. The Morgan fingerprint density at radius 3 is 2.81 bits per heavy atom. The second-order valence-electron chi connectivity index (χ2n) is 5.02. The van der Waals surface area contributed by atoms with Crippen LogP contribution in [0, 0.1) is 12.7 Å². The van der Waals surface area contributed by atoms with Crippen LogP contribution in [0.4, 0.5) is 4.39 Å². The molecule has 1 aromatic heterocycles. The van der Waals surface area contributed by atoms with E-state index in [0.29, 0.717) is 17.8 Å². The fraction of sp³-hybridized carbons (Fsp3) is 0.118. The van der Waals surface area contributed by atoms with Gasteiger partial charge in [-0.15, -0.1) is 0 Å². The van der Waals surface area contributed by atoms with Crippen LogP contribution in [0.25, 0.3) is 10.9 Å². The summed E-state index contributed by atoms with van der Waals surface area (Å²) in [7, 11) is 0. The summed E-state index contributed by atoms with van der Waals surface area (Å²) in [6.45, 7) is 2.47.